The Labute approximate surface area is 85.1 Å². The molecule has 0 radical (unpaired) electrons. The molecule has 14 heavy (non-hydrogen) atoms. The Morgan fingerprint density at radius 1 is 1.64 bits per heavy atom. The van der Waals surface area contributed by atoms with Gasteiger partial charge in [-0.05, 0) is 19.3 Å². The topological polar surface area (TPSA) is 35.5 Å². The standard InChI is InChI=1S/C11H18O3/c1-3-10(12)14-7-5-6-11(4-2)8-13-9-11/h3H,1,4-9H2,2H3. The number of hydrogen-bond acceptors (Lipinski definition) is 3. The minimum Gasteiger partial charge on any atom is -0.463 e. The van der Waals surface area contributed by atoms with E-state index in [1.165, 1.54) is 6.08 Å². The molecule has 0 unspecified atom stereocenters. The molecule has 0 aliphatic carbocycles. The number of hydrogen-bond donors (Lipinski definition) is 0. The van der Waals surface area contributed by atoms with Crippen LogP contribution in [-0.2, 0) is 14.3 Å². The molecule has 1 rings (SSSR count). The highest BCUT2D eigenvalue weighted by Gasteiger charge is 2.35. The second kappa shape index (κ2) is 5.15. The van der Waals surface area contributed by atoms with Crippen molar-refractivity contribution in [3.05, 3.63) is 12.7 Å². The van der Waals surface area contributed by atoms with E-state index in [2.05, 4.69) is 13.5 Å². The Morgan fingerprint density at radius 3 is 2.79 bits per heavy atom. The predicted molar refractivity (Wildman–Crippen MR) is 53.9 cm³/mol. The lowest BCUT2D eigenvalue weighted by Gasteiger charge is -2.40. The number of carbonyl (C=O) groups is 1. The zero-order valence-electron chi connectivity index (χ0n) is 8.75. The molecule has 1 saturated heterocycles. The molecule has 0 bridgehead atoms. The van der Waals surface area contributed by atoms with Crippen molar-refractivity contribution in [1.82, 2.24) is 0 Å². The summed E-state index contributed by atoms with van der Waals surface area (Å²) in [5.41, 5.74) is 0.362. The first-order chi connectivity index (χ1) is 6.72. The van der Waals surface area contributed by atoms with Gasteiger partial charge in [-0.25, -0.2) is 4.79 Å². The SMILES string of the molecule is C=CC(=O)OCCCC1(CC)COC1. The molecule has 80 valence electrons. The van der Waals surface area contributed by atoms with Crippen molar-refractivity contribution in [2.75, 3.05) is 19.8 Å². The van der Waals surface area contributed by atoms with Crippen LogP contribution < -0.4 is 0 Å². The van der Waals surface area contributed by atoms with Gasteiger partial charge in [0.2, 0.25) is 0 Å². The van der Waals surface area contributed by atoms with E-state index in [1.54, 1.807) is 0 Å². The van der Waals surface area contributed by atoms with Gasteiger partial charge >= 0.3 is 5.97 Å². The molecule has 0 N–H and O–H groups in total. The highest BCUT2D eigenvalue weighted by atomic mass is 16.5. The van der Waals surface area contributed by atoms with Crippen molar-refractivity contribution in [2.45, 2.75) is 26.2 Å². The first-order valence-electron chi connectivity index (χ1n) is 5.09. The van der Waals surface area contributed by atoms with E-state index in [0.717, 1.165) is 32.5 Å². The van der Waals surface area contributed by atoms with Gasteiger partial charge in [-0.2, -0.15) is 0 Å². The summed E-state index contributed by atoms with van der Waals surface area (Å²) in [4.78, 5) is 10.7. The summed E-state index contributed by atoms with van der Waals surface area (Å²) >= 11 is 0. The summed E-state index contributed by atoms with van der Waals surface area (Å²) < 4.78 is 10.1. The molecule has 0 aromatic rings. The molecule has 1 aliphatic rings. The second-order valence-electron chi connectivity index (χ2n) is 3.82. The minimum atomic E-state index is -0.333. The zero-order chi connectivity index (χ0) is 10.4. The molecule has 0 saturated carbocycles. The highest BCUT2D eigenvalue weighted by molar-refractivity contribution is 5.81. The van der Waals surface area contributed by atoms with Gasteiger partial charge in [0.1, 0.15) is 0 Å². The smallest absolute Gasteiger partial charge is 0.330 e. The molecule has 0 aromatic carbocycles. The number of carbonyl (C=O) groups excluding carboxylic acids is 1. The van der Waals surface area contributed by atoms with Crippen molar-refractivity contribution in [3.8, 4) is 0 Å². The molecule has 0 spiro atoms. The fourth-order valence-corrected chi connectivity index (χ4v) is 1.59. The second-order valence-corrected chi connectivity index (χ2v) is 3.82. The van der Waals surface area contributed by atoms with Crippen LogP contribution in [0.5, 0.6) is 0 Å². The van der Waals surface area contributed by atoms with Crippen molar-refractivity contribution < 1.29 is 14.3 Å². The normalized spacial score (nSPS) is 18.4. The highest BCUT2D eigenvalue weighted by Crippen LogP contribution is 2.35. The van der Waals surface area contributed by atoms with Gasteiger partial charge in [0.15, 0.2) is 0 Å². The molecule has 0 aromatic heterocycles. The molecule has 0 atom stereocenters. The van der Waals surface area contributed by atoms with Crippen molar-refractivity contribution in [3.63, 3.8) is 0 Å². The lowest BCUT2D eigenvalue weighted by molar-refractivity contribution is -0.140. The Hall–Kier alpha value is -0.830. The van der Waals surface area contributed by atoms with Crippen LogP contribution in [0.3, 0.4) is 0 Å². The van der Waals surface area contributed by atoms with Gasteiger partial charge in [-0.3, -0.25) is 0 Å². The fraction of sp³-hybridized carbons (Fsp3) is 0.727. The third kappa shape index (κ3) is 2.84. The van der Waals surface area contributed by atoms with Gasteiger partial charge in [-0.15, -0.1) is 0 Å². The van der Waals surface area contributed by atoms with Gasteiger partial charge in [0, 0.05) is 11.5 Å². The summed E-state index contributed by atoms with van der Waals surface area (Å²) in [5, 5.41) is 0. The Balaban J connectivity index is 2.08. The van der Waals surface area contributed by atoms with E-state index in [-0.39, 0.29) is 5.97 Å². The Kier molecular flexibility index (Phi) is 4.14. The van der Waals surface area contributed by atoms with Crippen LogP contribution in [0.4, 0.5) is 0 Å². The molecule has 0 amide bonds. The van der Waals surface area contributed by atoms with Crippen molar-refractivity contribution in [1.29, 1.82) is 0 Å². The minimum absolute atomic E-state index is 0.333. The van der Waals surface area contributed by atoms with Crippen LogP contribution in [-0.4, -0.2) is 25.8 Å². The van der Waals surface area contributed by atoms with E-state index < -0.39 is 0 Å². The van der Waals surface area contributed by atoms with Gasteiger partial charge in [0.25, 0.3) is 0 Å². The first-order valence-corrected chi connectivity index (χ1v) is 5.09. The monoisotopic (exact) mass is 198 g/mol. The number of esters is 1. The van der Waals surface area contributed by atoms with E-state index in [9.17, 15) is 4.79 Å². The predicted octanol–water partition coefficient (Wildman–Crippen LogP) is 1.92. The molecule has 3 nitrogen and oxygen atoms in total. The van der Waals surface area contributed by atoms with Gasteiger partial charge < -0.3 is 9.47 Å². The summed E-state index contributed by atoms with van der Waals surface area (Å²) in [6.07, 6.45) is 4.33. The molecular weight excluding hydrogens is 180 g/mol. The van der Waals surface area contributed by atoms with E-state index in [0.29, 0.717) is 12.0 Å². The molecule has 3 heteroatoms. The molecule has 1 aliphatic heterocycles. The fourth-order valence-electron chi connectivity index (χ4n) is 1.59. The number of rotatable bonds is 6. The van der Waals surface area contributed by atoms with E-state index in [4.69, 9.17) is 9.47 Å². The Bertz CT molecular complexity index is 201. The molecular formula is C11H18O3. The van der Waals surface area contributed by atoms with Gasteiger partial charge in [0.05, 0.1) is 19.8 Å². The maximum absolute atomic E-state index is 10.7. The summed E-state index contributed by atoms with van der Waals surface area (Å²) in [7, 11) is 0. The van der Waals surface area contributed by atoms with Crippen LogP contribution in [0.2, 0.25) is 0 Å². The average molecular weight is 198 g/mol. The molecule has 1 heterocycles. The zero-order valence-corrected chi connectivity index (χ0v) is 8.75. The lowest BCUT2D eigenvalue weighted by atomic mass is 9.79. The third-order valence-electron chi connectivity index (χ3n) is 2.83. The third-order valence-corrected chi connectivity index (χ3v) is 2.83. The van der Waals surface area contributed by atoms with Gasteiger partial charge in [-0.1, -0.05) is 13.5 Å². The maximum Gasteiger partial charge on any atom is 0.330 e. The largest absolute Gasteiger partial charge is 0.463 e. The van der Waals surface area contributed by atoms with E-state index >= 15 is 0 Å². The van der Waals surface area contributed by atoms with Crippen LogP contribution >= 0.6 is 0 Å². The Morgan fingerprint density at radius 2 is 2.36 bits per heavy atom. The quantitative estimate of drug-likeness (QED) is 0.371. The van der Waals surface area contributed by atoms with E-state index in [1.807, 2.05) is 0 Å². The summed E-state index contributed by atoms with van der Waals surface area (Å²) in [5.74, 6) is -0.333. The van der Waals surface area contributed by atoms with Crippen molar-refractivity contribution in [2.24, 2.45) is 5.41 Å². The maximum atomic E-state index is 10.7. The summed E-state index contributed by atoms with van der Waals surface area (Å²) in [6.45, 7) is 7.73. The summed E-state index contributed by atoms with van der Waals surface area (Å²) in [6, 6.07) is 0. The first kappa shape index (κ1) is 11.2. The van der Waals surface area contributed by atoms with Crippen LogP contribution in [0.1, 0.15) is 26.2 Å². The van der Waals surface area contributed by atoms with Crippen molar-refractivity contribution >= 4 is 5.97 Å². The number of ether oxygens (including phenoxy) is 2. The van der Waals surface area contributed by atoms with Crippen LogP contribution in [0.25, 0.3) is 0 Å². The van der Waals surface area contributed by atoms with Crippen LogP contribution in [0.15, 0.2) is 12.7 Å². The lowest BCUT2D eigenvalue weighted by Crippen LogP contribution is -2.42. The molecule has 1 fully saturated rings. The van der Waals surface area contributed by atoms with Crippen LogP contribution in [0, 0.1) is 5.41 Å². The average Bonchev–Trinajstić information content (AvgIpc) is 2.15.